The van der Waals surface area contributed by atoms with Gasteiger partial charge in [0.1, 0.15) is 19.3 Å². The molecule has 4 unspecified atom stereocenters. The minimum atomic E-state index is -4.96. The number of ether oxygens (including phenoxy) is 4. The molecule has 0 aromatic heterocycles. The summed E-state index contributed by atoms with van der Waals surface area (Å²) in [6.45, 7) is 9.63. The van der Waals surface area contributed by atoms with Crippen molar-refractivity contribution in [3.63, 3.8) is 0 Å². The fourth-order valence-electron chi connectivity index (χ4n) is 12.1. The van der Waals surface area contributed by atoms with E-state index < -0.39 is 97.5 Å². The molecule has 0 bridgehead atoms. The van der Waals surface area contributed by atoms with Gasteiger partial charge in [-0.05, 0) is 37.5 Å². The first kappa shape index (κ1) is 96.1. The van der Waals surface area contributed by atoms with E-state index in [9.17, 15) is 43.2 Å². The Labute approximate surface area is 600 Å². The van der Waals surface area contributed by atoms with Gasteiger partial charge in [-0.25, -0.2) is 9.13 Å². The molecule has 0 saturated carbocycles. The van der Waals surface area contributed by atoms with Crippen LogP contribution in [0.4, 0.5) is 0 Å². The lowest BCUT2D eigenvalue weighted by molar-refractivity contribution is -0.161. The summed E-state index contributed by atoms with van der Waals surface area (Å²) >= 11 is 0. The number of unbranched alkanes of at least 4 members (excludes halogenated alkanes) is 46. The Hall–Kier alpha value is -1.94. The van der Waals surface area contributed by atoms with Crippen molar-refractivity contribution in [2.45, 2.75) is 432 Å². The standard InChI is InChI=1S/C79H154O17P2/c1-7-11-13-15-17-19-21-22-23-24-25-26-27-28-29-30-31-32-38-45-51-57-63-78(83)95-74(67-90-77(82)62-56-50-44-37-34-33-35-41-47-53-59-71(5)9-3)69-93-97(85,86)91-65-73(80)66-92-98(87,88)94-70-75(68-89-76(81)61-55-49-43-36-20-18-16-14-12-8-2)96-79(84)64-58-52-46-40-39-42-48-54-60-72(6)10-4/h71-75,80H,7-70H2,1-6H3,(H,85,86)(H,87,88)/t71?,72?,73-,74-,75-/m1/s1. The molecule has 7 atom stereocenters. The molecule has 0 aliphatic carbocycles. The SMILES string of the molecule is CCCCCCCCCCCCCCCCCCCCCCCCC(=O)O[C@H](COC(=O)CCCCCCCCCCCCC(C)CC)COP(=O)(O)OC[C@@H](O)COP(=O)(O)OC[C@@H](COC(=O)CCCCCCCCCCCC)OC(=O)CCCCCCCCCCC(C)CC. The molecule has 98 heavy (non-hydrogen) atoms. The van der Waals surface area contributed by atoms with Crippen molar-refractivity contribution in [1.29, 1.82) is 0 Å². The monoisotopic (exact) mass is 1440 g/mol. The number of carbonyl (C=O) groups is 4. The van der Waals surface area contributed by atoms with Crippen LogP contribution in [0, 0.1) is 11.8 Å². The Morgan fingerprint density at radius 3 is 0.724 bits per heavy atom. The van der Waals surface area contributed by atoms with Crippen LogP contribution in [0.3, 0.4) is 0 Å². The number of rotatable bonds is 78. The fourth-order valence-corrected chi connectivity index (χ4v) is 13.7. The number of hydrogen-bond donors (Lipinski definition) is 3. The highest BCUT2D eigenvalue weighted by molar-refractivity contribution is 7.47. The topological polar surface area (TPSA) is 237 Å². The Morgan fingerprint density at radius 1 is 0.286 bits per heavy atom. The smallest absolute Gasteiger partial charge is 0.462 e. The third-order valence-corrected chi connectivity index (χ3v) is 21.1. The van der Waals surface area contributed by atoms with Crippen molar-refractivity contribution >= 4 is 39.5 Å². The summed E-state index contributed by atoms with van der Waals surface area (Å²) in [7, 11) is -9.91. The van der Waals surface area contributed by atoms with Gasteiger partial charge >= 0.3 is 39.5 Å². The molecule has 0 aliphatic heterocycles. The Bertz CT molecular complexity index is 1890. The number of esters is 4. The lowest BCUT2D eigenvalue weighted by Crippen LogP contribution is -2.30. The maximum atomic E-state index is 13.1. The van der Waals surface area contributed by atoms with Gasteiger partial charge in [-0.1, -0.05) is 363 Å². The normalized spacial score (nSPS) is 14.5. The highest BCUT2D eigenvalue weighted by Gasteiger charge is 2.30. The second kappa shape index (κ2) is 70.7. The van der Waals surface area contributed by atoms with Gasteiger partial charge in [-0.2, -0.15) is 0 Å². The summed E-state index contributed by atoms with van der Waals surface area (Å²) in [5.41, 5.74) is 0. The van der Waals surface area contributed by atoms with Gasteiger partial charge in [0.25, 0.3) is 0 Å². The molecule has 19 heteroatoms. The van der Waals surface area contributed by atoms with E-state index in [1.165, 1.54) is 231 Å². The number of aliphatic hydroxyl groups excluding tert-OH is 1. The van der Waals surface area contributed by atoms with Crippen LogP contribution < -0.4 is 0 Å². The molecule has 0 aromatic rings. The third-order valence-electron chi connectivity index (χ3n) is 19.2. The van der Waals surface area contributed by atoms with E-state index >= 15 is 0 Å². The van der Waals surface area contributed by atoms with Crippen molar-refractivity contribution in [2.75, 3.05) is 39.6 Å². The maximum Gasteiger partial charge on any atom is 0.472 e. The quantitative estimate of drug-likeness (QED) is 0.0222. The summed E-state index contributed by atoms with van der Waals surface area (Å²) < 4.78 is 68.6. The molecule has 0 radical (unpaired) electrons. The molecule has 0 aromatic carbocycles. The molecule has 0 saturated heterocycles. The molecule has 582 valence electrons. The van der Waals surface area contributed by atoms with E-state index in [0.717, 1.165) is 102 Å². The van der Waals surface area contributed by atoms with Crippen LogP contribution in [0.2, 0.25) is 0 Å². The maximum absolute atomic E-state index is 13.1. The van der Waals surface area contributed by atoms with Crippen LogP contribution in [0.5, 0.6) is 0 Å². The van der Waals surface area contributed by atoms with E-state index in [-0.39, 0.29) is 25.7 Å². The molecule has 0 heterocycles. The van der Waals surface area contributed by atoms with Gasteiger partial charge in [-0.15, -0.1) is 0 Å². The molecule has 0 rings (SSSR count). The number of phosphoric acid groups is 2. The highest BCUT2D eigenvalue weighted by atomic mass is 31.2. The lowest BCUT2D eigenvalue weighted by Gasteiger charge is -2.21. The number of phosphoric ester groups is 2. The van der Waals surface area contributed by atoms with E-state index in [1.807, 2.05) is 0 Å². The van der Waals surface area contributed by atoms with Crippen molar-refractivity contribution in [3.8, 4) is 0 Å². The minimum absolute atomic E-state index is 0.105. The predicted molar refractivity (Wildman–Crippen MR) is 400 cm³/mol. The summed E-state index contributed by atoms with van der Waals surface area (Å²) in [6, 6.07) is 0. The van der Waals surface area contributed by atoms with Crippen molar-refractivity contribution < 1.29 is 80.2 Å². The molecule has 0 spiro atoms. The second-order valence-corrected chi connectivity index (χ2v) is 31.8. The zero-order valence-electron chi connectivity index (χ0n) is 64.1. The van der Waals surface area contributed by atoms with E-state index in [0.29, 0.717) is 25.7 Å². The largest absolute Gasteiger partial charge is 0.472 e. The Balaban J connectivity index is 5.20. The zero-order chi connectivity index (χ0) is 72.1. The molecule has 0 fully saturated rings. The first-order valence-electron chi connectivity index (χ1n) is 41.1. The number of aliphatic hydroxyl groups is 1. The van der Waals surface area contributed by atoms with Crippen LogP contribution in [-0.2, 0) is 65.4 Å². The summed E-state index contributed by atoms with van der Waals surface area (Å²) in [6.07, 6.45) is 59.7. The van der Waals surface area contributed by atoms with Crippen LogP contribution in [0.1, 0.15) is 414 Å². The molecular formula is C79H154O17P2. The first-order chi connectivity index (χ1) is 47.4. The van der Waals surface area contributed by atoms with Gasteiger partial charge in [-0.3, -0.25) is 37.3 Å². The van der Waals surface area contributed by atoms with Crippen LogP contribution in [0.25, 0.3) is 0 Å². The van der Waals surface area contributed by atoms with Crippen molar-refractivity contribution in [3.05, 3.63) is 0 Å². The first-order valence-corrected chi connectivity index (χ1v) is 44.1. The molecule has 17 nitrogen and oxygen atoms in total. The van der Waals surface area contributed by atoms with Crippen LogP contribution >= 0.6 is 15.6 Å². The third kappa shape index (κ3) is 69.8. The summed E-state index contributed by atoms with van der Waals surface area (Å²) in [5.74, 6) is -0.536. The molecular weight excluding hydrogens is 1280 g/mol. The van der Waals surface area contributed by atoms with Crippen molar-refractivity contribution in [2.24, 2.45) is 11.8 Å². The zero-order valence-corrected chi connectivity index (χ0v) is 65.9. The number of hydrogen-bond acceptors (Lipinski definition) is 15. The molecule has 0 amide bonds. The Kier molecular flexibility index (Phi) is 69.3. The van der Waals surface area contributed by atoms with E-state index in [2.05, 4.69) is 41.5 Å². The van der Waals surface area contributed by atoms with Gasteiger partial charge in [0.15, 0.2) is 12.2 Å². The lowest BCUT2D eigenvalue weighted by atomic mass is 9.99. The predicted octanol–water partition coefficient (Wildman–Crippen LogP) is 23.5. The van der Waals surface area contributed by atoms with Gasteiger partial charge in [0.2, 0.25) is 0 Å². The molecule has 0 aliphatic rings. The fraction of sp³-hybridized carbons (Fsp3) is 0.949. The van der Waals surface area contributed by atoms with Crippen LogP contribution in [0.15, 0.2) is 0 Å². The average Bonchev–Trinajstić information content (AvgIpc) is 1.07. The number of carbonyl (C=O) groups excluding carboxylic acids is 4. The van der Waals surface area contributed by atoms with Crippen LogP contribution in [-0.4, -0.2) is 96.7 Å². The summed E-state index contributed by atoms with van der Waals surface area (Å²) in [5, 5.41) is 10.6. The van der Waals surface area contributed by atoms with Gasteiger partial charge in [0, 0.05) is 25.7 Å². The van der Waals surface area contributed by atoms with E-state index in [4.69, 9.17) is 37.0 Å². The van der Waals surface area contributed by atoms with E-state index in [1.54, 1.807) is 0 Å². The minimum Gasteiger partial charge on any atom is -0.462 e. The molecule has 3 N–H and O–H groups in total. The highest BCUT2D eigenvalue weighted by Crippen LogP contribution is 2.45. The average molecular weight is 1440 g/mol. The summed E-state index contributed by atoms with van der Waals surface area (Å²) in [4.78, 5) is 72.9. The van der Waals surface area contributed by atoms with Gasteiger partial charge < -0.3 is 33.8 Å². The van der Waals surface area contributed by atoms with Crippen molar-refractivity contribution in [1.82, 2.24) is 0 Å². The second-order valence-electron chi connectivity index (χ2n) is 28.9. The van der Waals surface area contributed by atoms with Gasteiger partial charge in [0.05, 0.1) is 26.4 Å². The Morgan fingerprint density at radius 2 is 0.490 bits per heavy atom.